The molecule has 0 radical (unpaired) electrons. The topological polar surface area (TPSA) is 23.6 Å². The fourth-order valence-corrected chi connectivity index (χ4v) is 3.10. The third-order valence-electron chi connectivity index (χ3n) is 4.22. The van der Waals surface area contributed by atoms with Gasteiger partial charge in [0, 0.05) is 31.7 Å². The first kappa shape index (κ1) is 17.6. The van der Waals surface area contributed by atoms with Crippen molar-refractivity contribution in [3.05, 3.63) is 64.7 Å². The van der Waals surface area contributed by atoms with Gasteiger partial charge in [0.05, 0.1) is 16.3 Å². The molecule has 1 heterocycles. The molecular weight excluding hydrogens is 353 g/mol. The average Bonchev–Trinajstić information content (AvgIpc) is 2.61. The summed E-state index contributed by atoms with van der Waals surface area (Å²) >= 11 is 6.19. The van der Waals surface area contributed by atoms with Gasteiger partial charge in [-0.25, -0.2) is 0 Å². The predicted molar refractivity (Wildman–Crippen MR) is 91.0 cm³/mol. The Labute approximate surface area is 148 Å². The summed E-state index contributed by atoms with van der Waals surface area (Å²) < 4.78 is 37.8. The van der Waals surface area contributed by atoms with Gasteiger partial charge in [0.1, 0.15) is 0 Å². The minimum Gasteiger partial charge on any atom is -0.367 e. The van der Waals surface area contributed by atoms with E-state index in [1.54, 1.807) is 4.90 Å². The maximum Gasteiger partial charge on any atom is 0.416 e. The number of benzene rings is 2. The van der Waals surface area contributed by atoms with E-state index >= 15 is 0 Å². The van der Waals surface area contributed by atoms with Crippen LogP contribution in [-0.2, 0) is 6.18 Å². The standard InChI is InChI=1S/C18H16ClF3N2O/c19-15-3-1-2-4-16(15)23-9-11-24(12-10-23)17(25)13-5-7-14(8-6-13)18(20,21)22/h1-8H,9-12H2. The summed E-state index contributed by atoms with van der Waals surface area (Å²) in [6, 6.07) is 11.8. The first-order chi connectivity index (χ1) is 11.9. The predicted octanol–water partition coefficient (Wildman–Crippen LogP) is 4.32. The molecule has 0 spiro atoms. The number of halogens is 4. The second-order valence-corrected chi connectivity index (χ2v) is 6.21. The zero-order valence-electron chi connectivity index (χ0n) is 13.3. The van der Waals surface area contributed by atoms with Crippen molar-refractivity contribution in [3.63, 3.8) is 0 Å². The second-order valence-electron chi connectivity index (χ2n) is 5.81. The van der Waals surface area contributed by atoms with E-state index in [2.05, 4.69) is 4.90 Å². The molecule has 1 saturated heterocycles. The van der Waals surface area contributed by atoms with Crippen LogP contribution in [0.15, 0.2) is 48.5 Å². The van der Waals surface area contributed by atoms with E-state index < -0.39 is 11.7 Å². The number of hydrogen-bond donors (Lipinski definition) is 0. The molecule has 2 aromatic rings. The average molecular weight is 369 g/mol. The number of carbonyl (C=O) groups is 1. The molecule has 3 nitrogen and oxygen atoms in total. The number of rotatable bonds is 2. The lowest BCUT2D eigenvalue weighted by molar-refractivity contribution is -0.137. The fourth-order valence-electron chi connectivity index (χ4n) is 2.84. The third kappa shape index (κ3) is 3.90. The molecule has 2 aromatic carbocycles. The molecular formula is C18H16ClF3N2O. The molecule has 0 saturated carbocycles. The zero-order chi connectivity index (χ0) is 18.0. The van der Waals surface area contributed by atoms with E-state index in [0.29, 0.717) is 31.2 Å². The maximum atomic E-state index is 12.6. The van der Waals surface area contributed by atoms with Gasteiger partial charge in [-0.3, -0.25) is 4.79 Å². The summed E-state index contributed by atoms with van der Waals surface area (Å²) in [6.45, 7) is 2.22. The molecule has 0 atom stereocenters. The number of amides is 1. The Kier molecular flexibility index (Phi) is 4.90. The summed E-state index contributed by atoms with van der Waals surface area (Å²) in [5.74, 6) is -0.257. The molecule has 1 aliphatic heterocycles. The van der Waals surface area contributed by atoms with Gasteiger partial charge < -0.3 is 9.80 Å². The Morgan fingerprint density at radius 2 is 1.52 bits per heavy atom. The van der Waals surface area contributed by atoms with E-state index in [0.717, 1.165) is 17.8 Å². The molecule has 0 unspecified atom stereocenters. The van der Waals surface area contributed by atoms with Gasteiger partial charge in [-0.2, -0.15) is 13.2 Å². The van der Waals surface area contributed by atoms with Crippen molar-refractivity contribution in [2.45, 2.75) is 6.18 Å². The fraction of sp³-hybridized carbons (Fsp3) is 0.278. The Bertz CT molecular complexity index is 754. The number of para-hydroxylation sites is 1. The maximum absolute atomic E-state index is 12.6. The second kappa shape index (κ2) is 6.96. The molecule has 132 valence electrons. The number of piperazine rings is 1. The van der Waals surface area contributed by atoms with Crippen molar-refractivity contribution < 1.29 is 18.0 Å². The molecule has 0 aromatic heterocycles. The molecule has 25 heavy (non-hydrogen) atoms. The monoisotopic (exact) mass is 368 g/mol. The van der Waals surface area contributed by atoms with Crippen molar-refractivity contribution in [2.75, 3.05) is 31.1 Å². The quantitative estimate of drug-likeness (QED) is 0.788. The number of hydrogen-bond acceptors (Lipinski definition) is 2. The summed E-state index contributed by atoms with van der Waals surface area (Å²) in [5.41, 5.74) is 0.428. The number of anilines is 1. The van der Waals surface area contributed by atoms with Crippen LogP contribution in [0.1, 0.15) is 15.9 Å². The molecule has 1 aliphatic rings. The highest BCUT2D eigenvalue weighted by atomic mass is 35.5. The van der Waals surface area contributed by atoms with Crippen LogP contribution >= 0.6 is 11.6 Å². The van der Waals surface area contributed by atoms with Gasteiger partial charge >= 0.3 is 6.18 Å². The number of nitrogens with zero attached hydrogens (tertiary/aromatic N) is 2. The van der Waals surface area contributed by atoms with Gasteiger partial charge in [-0.1, -0.05) is 23.7 Å². The molecule has 1 fully saturated rings. The van der Waals surface area contributed by atoms with E-state index in [4.69, 9.17) is 11.6 Å². The zero-order valence-corrected chi connectivity index (χ0v) is 14.0. The minimum absolute atomic E-state index is 0.257. The largest absolute Gasteiger partial charge is 0.416 e. The van der Waals surface area contributed by atoms with Crippen LogP contribution in [0.4, 0.5) is 18.9 Å². The summed E-state index contributed by atoms with van der Waals surface area (Å²) in [5, 5.41) is 0.657. The molecule has 7 heteroatoms. The van der Waals surface area contributed by atoms with Crippen LogP contribution in [0.25, 0.3) is 0 Å². The number of alkyl halides is 3. The Hall–Kier alpha value is -2.21. The highest BCUT2D eigenvalue weighted by Crippen LogP contribution is 2.29. The van der Waals surface area contributed by atoms with Gasteiger partial charge in [0.2, 0.25) is 0 Å². The van der Waals surface area contributed by atoms with Crippen molar-refractivity contribution in [2.24, 2.45) is 0 Å². The SMILES string of the molecule is O=C(c1ccc(C(F)(F)F)cc1)N1CCN(c2ccccc2Cl)CC1. The summed E-state index contributed by atoms with van der Waals surface area (Å²) in [4.78, 5) is 16.2. The molecule has 0 N–H and O–H groups in total. The normalized spacial score (nSPS) is 15.4. The summed E-state index contributed by atoms with van der Waals surface area (Å²) in [6.07, 6.45) is -4.40. The lowest BCUT2D eigenvalue weighted by Gasteiger charge is -2.36. The Morgan fingerprint density at radius 1 is 0.920 bits per heavy atom. The van der Waals surface area contributed by atoms with E-state index in [9.17, 15) is 18.0 Å². The van der Waals surface area contributed by atoms with Crippen LogP contribution in [0.3, 0.4) is 0 Å². The highest BCUT2D eigenvalue weighted by molar-refractivity contribution is 6.33. The smallest absolute Gasteiger partial charge is 0.367 e. The highest BCUT2D eigenvalue weighted by Gasteiger charge is 2.30. The van der Waals surface area contributed by atoms with Crippen LogP contribution in [0.5, 0.6) is 0 Å². The Balaban J connectivity index is 1.65. The third-order valence-corrected chi connectivity index (χ3v) is 4.54. The molecule has 0 bridgehead atoms. The van der Waals surface area contributed by atoms with Crippen molar-refractivity contribution >= 4 is 23.2 Å². The van der Waals surface area contributed by atoms with E-state index in [-0.39, 0.29) is 11.5 Å². The van der Waals surface area contributed by atoms with Crippen molar-refractivity contribution in [3.8, 4) is 0 Å². The van der Waals surface area contributed by atoms with Crippen LogP contribution in [-0.4, -0.2) is 37.0 Å². The molecule has 0 aliphatic carbocycles. The van der Waals surface area contributed by atoms with E-state index in [1.807, 2.05) is 24.3 Å². The molecule has 3 rings (SSSR count). The summed E-state index contributed by atoms with van der Waals surface area (Å²) in [7, 11) is 0. The molecule has 1 amide bonds. The van der Waals surface area contributed by atoms with Crippen LogP contribution in [0, 0.1) is 0 Å². The van der Waals surface area contributed by atoms with Crippen molar-refractivity contribution in [1.82, 2.24) is 4.90 Å². The first-order valence-corrected chi connectivity index (χ1v) is 8.20. The van der Waals surface area contributed by atoms with Crippen LogP contribution in [0.2, 0.25) is 5.02 Å². The Morgan fingerprint density at radius 3 is 2.08 bits per heavy atom. The van der Waals surface area contributed by atoms with Gasteiger partial charge in [-0.05, 0) is 36.4 Å². The van der Waals surface area contributed by atoms with Gasteiger partial charge in [0.15, 0.2) is 0 Å². The first-order valence-electron chi connectivity index (χ1n) is 7.82. The van der Waals surface area contributed by atoms with Crippen LogP contribution < -0.4 is 4.90 Å². The van der Waals surface area contributed by atoms with Gasteiger partial charge in [0.25, 0.3) is 5.91 Å². The number of carbonyl (C=O) groups excluding carboxylic acids is 1. The lowest BCUT2D eigenvalue weighted by atomic mass is 10.1. The minimum atomic E-state index is -4.40. The van der Waals surface area contributed by atoms with Gasteiger partial charge in [-0.15, -0.1) is 0 Å². The van der Waals surface area contributed by atoms with E-state index in [1.165, 1.54) is 12.1 Å². The lowest BCUT2D eigenvalue weighted by Crippen LogP contribution is -2.48. The van der Waals surface area contributed by atoms with Crippen molar-refractivity contribution in [1.29, 1.82) is 0 Å².